The molecule has 0 fully saturated rings. The van der Waals surface area contributed by atoms with Gasteiger partial charge in [-0.1, -0.05) is 6.07 Å². The first-order valence-corrected chi connectivity index (χ1v) is 6.75. The predicted molar refractivity (Wildman–Crippen MR) is 78.9 cm³/mol. The van der Waals surface area contributed by atoms with Gasteiger partial charge in [0.15, 0.2) is 5.11 Å². The molecule has 1 aliphatic heterocycles. The van der Waals surface area contributed by atoms with Gasteiger partial charge in [-0.05, 0) is 36.0 Å². The standard InChI is InChI=1S/C14H16N4S/c1-15-14(19)18-9-8-17-7-3-5-12(17)13(18)11-4-2-6-16-10-11/h2-7,10,13H,8-9H2,1H3,(H,15,19)/t13-/m0/s1. The van der Waals surface area contributed by atoms with Crippen LogP contribution in [0.1, 0.15) is 17.3 Å². The first-order valence-electron chi connectivity index (χ1n) is 6.34. The van der Waals surface area contributed by atoms with Crippen LogP contribution in [0.5, 0.6) is 0 Å². The summed E-state index contributed by atoms with van der Waals surface area (Å²) in [6.07, 6.45) is 5.84. The van der Waals surface area contributed by atoms with E-state index in [1.807, 2.05) is 19.3 Å². The Morgan fingerprint density at radius 3 is 3.00 bits per heavy atom. The van der Waals surface area contributed by atoms with E-state index in [1.54, 1.807) is 6.20 Å². The first kappa shape index (κ1) is 12.2. The van der Waals surface area contributed by atoms with Crippen molar-refractivity contribution in [2.24, 2.45) is 0 Å². The number of rotatable bonds is 1. The number of fused-ring (bicyclic) bond motifs is 1. The van der Waals surface area contributed by atoms with Crippen LogP contribution in [0.25, 0.3) is 0 Å². The first-order chi connectivity index (χ1) is 9.31. The maximum atomic E-state index is 5.44. The molecular formula is C14H16N4S. The average molecular weight is 272 g/mol. The van der Waals surface area contributed by atoms with Crippen LogP contribution >= 0.6 is 12.2 Å². The van der Waals surface area contributed by atoms with E-state index in [1.165, 1.54) is 11.3 Å². The Morgan fingerprint density at radius 2 is 2.26 bits per heavy atom. The highest BCUT2D eigenvalue weighted by molar-refractivity contribution is 7.80. The molecule has 2 aromatic rings. The minimum Gasteiger partial charge on any atom is -0.366 e. The molecule has 0 spiro atoms. The van der Waals surface area contributed by atoms with E-state index in [0.29, 0.717) is 0 Å². The molecule has 0 aliphatic carbocycles. The highest BCUT2D eigenvalue weighted by Gasteiger charge is 2.30. The second-order valence-corrected chi connectivity index (χ2v) is 4.95. The van der Waals surface area contributed by atoms with Crippen molar-refractivity contribution in [3.8, 4) is 0 Å². The van der Waals surface area contributed by atoms with Crippen molar-refractivity contribution in [3.63, 3.8) is 0 Å². The summed E-state index contributed by atoms with van der Waals surface area (Å²) in [6.45, 7) is 1.86. The van der Waals surface area contributed by atoms with Crippen LogP contribution in [0.15, 0.2) is 42.9 Å². The number of hydrogen-bond donors (Lipinski definition) is 1. The molecule has 0 amide bonds. The van der Waals surface area contributed by atoms with Gasteiger partial charge in [0.25, 0.3) is 0 Å². The molecule has 0 saturated carbocycles. The smallest absolute Gasteiger partial charge is 0.169 e. The second kappa shape index (κ2) is 5.01. The Morgan fingerprint density at radius 1 is 1.37 bits per heavy atom. The van der Waals surface area contributed by atoms with Gasteiger partial charge in [-0.2, -0.15) is 0 Å². The summed E-state index contributed by atoms with van der Waals surface area (Å²) in [5.74, 6) is 0. The Hall–Kier alpha value is -1.88. The van der Waals surface area contributed by atoms with Crippen LogP contribution in [0.3, 0.4) is 0 Å². The molecule has 19 heavy (non-hydrogen) atoms. The van der Waals surface area contributed by atoms with E-state index in [0.717, 1.165) is 18.2 Å². The van der Waals surface area contributed by atoms with Gasteiger partial charge in [0.2, 0.25) is 0 Å². The third-order valence-electron chi connectivity index (χ3n) is 3.51. The molecule has 1 aliphatic rings. The van der Waals surface area contributed by atoms with E-state index < -0.39 is 0 Å². The normalized spacial score (nSPS) is 17.9. The molecule has 0 saturated heterocycles. The van der Waals surface area contributed by atoms with E-state index in [4.69, 9.17) is 12.2 Å². The fourth-order valence-corrected chi connectivity index (χ4v) is 2.83. The van der Waals surface area contributed by atoms with Crippen molar-refractivity contribution in [2.45, 2.75) is 12.6 Å². The highest BCUT2D eigenvalue weighted by atomic mass is 32.1. The Balaban J connectivity index is 2.07. The van der Waals surface area contributed by atoms with Crippen LogP contribution in [0, 0.1) is 0 Å². The van der Waals surface area contributed by atoms with E-state index in [2.05, 4.69) is 44.2 Å². The summed E-state index contributed by atoms with van der Waals surface area (Å²) in [7, 11) is 1.87. The topological polar surface area (TPSA) is 33.1 Å². The minimum atomic E-state index is 0.136. The monoisotopic (exact) mass is 272 g/mol. The fraction of sp³-hybridized carbons (Fsp3) is 0.286. The molecule has 3 heterocycles. The van der Waals surface area contributed by atoms with Gasteiger partial charge in [0.1, 0.15) is 0 Å². The van der Waals surface area contributed by atoms with Crippen LogP contribution in [0.2, 0.25) is 0 Å². The highest BCUT2D eigenvalue weighted by Crippen LogP contribution is 2.31. The lowest BCUT2D eigenvalue weighted by Crippen LogP contribution is -2.46. The molecule has 2 aromatic heterocycles. The lowest BCUT2D eigenvalue weighted by atomic mass is 10.0. The quantitative estimate of drug-likeness (QED) is 0.803. The van der Waals surface area contributed by atoms with Crippen LogP contribution in [-0.2, 0) is 6.54 Å². The number of nitrogens with one attached hydrogen (secondary N) is 1. The van der Waals surface area contributed by atoms with Gasteiger partial charge in [-0.25, -0.2) is 0 Å². The zero-order valence-electron chi connectivity index (χ0n) is 10.8. The van der Waals surface area contributed by atoms with Crippen molar-refractivity contribution in [3.05, 3.63) is 54.1 Å². The van der Waals surface area contributed by atoms with Gasteiger partial charge in [-0.3, -0.25) is 4.98 Å². The second-order valence-electron chi connectivity index (χ2n) is 4.56. The zero-order chi connectivity index (χ0) is 13.2. The van der Waals surface area contributed by atoms with Gasteiger partial charge in [0, 0.05) is 44.4 Å². The summed E-state index contributed by atoms with van der Waals surface area (Å²) in [4.78, 5) is 6.46. The lowest BCUT2D eigenvalue weighted by molar-refractivity contribution is 0.287. The van der Waals surface area contributed by atoms with E-state index >= 15 is 0 Å². The van der Waals surface area contributed by atoms with Gasteiger partial charge < -0.3 is 14.8 Å². The number of thiocarbonyl (C=S) groups is 1. The molecule has 0 radical (unpaired) electrons. The Labute approximate surface area is 118 Å². The van der Waals surface area contributed by atoms with E-state index in [-0.39, 0.29) is 6.04 Å². The van der Waals surface area contributed by atoms with Crippen LogP contribution in [-0.4, -0.2) is 33.2 Å². The summed E-state index contributed by atoms with van der Waals surface area (Å²) >= 11 is 5.44. The number of aromatic nitrogens is 2. The van der Waals surface area contributed by atoms with Crippen LogP contribution < -0.4 is 5.32 Å². The van der Waals surface area contributed by atoms with Crippen molar-refractivity contribution in [2.75, 3.05) is 13.6 Å². The predicted octanol–water partition coefficient (Wildman–Crippen LogP) is 1.79. The van der Waals surface area contributed by atoms with Crippen molar-refractivity contribution in [1.82, 2.24) is 19.8 Å². The maximum absolute atomic E-state index is 5.44. The molecule has 5 heteroatoms. The number of pyridine rings is 1. The third kappa shape index (κ3) is 2.10. The molecule has 98 valence electrons. The van der Waals surface area contributed by atoms with Crippen molar-refractivity contribution in [1.29, 1.82) is 0 Å². The largest absolute Gasteiger partial charge is 0.366 e. The molecule has 0 bridgehead atoms. The molecular weight excluding hydrogens is 256 g/mol. The van der Waals surface area contributed by atoms with Gasteiger partial charge >= 0.3 is 0 Å². The van der Waals surface area contributed by atoms with Gasteiger partial charge in [0.05, 0.1) is 6.04 Å². The maximum Gasteiger partial charge on any atom is 0.169 e. The Kier molecular flexibility index (Phi) is 3.21. The molecule has 1 atom stereocenters. The number of hydrogen-bond acceptors (Lipinski definition) is 2. The summed E-state index contributed by atoms with van der Waals surface area (Å²) in [6, 6.07) is 8.45. The lowest BCUT2D eigenvalue weighted by Gasteiger charge is -2.38. The molecule has 1 N–H and O–H groups in total. The third-order valence-corrected chi connectivity index (χ3v) is 3.95. The SMILES string of the molecule is CNC(=S)N1CCn2cccc2[C@@H]1c1cccnc1. The molecule has 0 aromatic carbocycles. The number of nitrogens with zero attached hydrogens (tertiary/aromatic N) is 3. The molecule has 3 rings (SSSR count). The van der Waals surface area contributed by atoms with Crippen LogP contribution in [0.4, 0.5) is 0 Å². The van der Waals surface area contributed by atoms with E-state index in [9.17, 15) is 0 Å². The average Bonchev–Trinajstić information content (AvgIpc) is 2.94. The molecule has 0 unspecified atom stereocenters. The summed E-state index contributed by atoms with van der Waals surface area (Å²) in [5.41, 5.74) is 2.43. The van der Waals surface area contributed by atoms with Gasteiger partial charge in [-0.15, -0.1) is 0 Å². The zero-order valence-corrected chi connectivity index (χ0v) is 11.6. The minimum absolute atomic E-state index is 0.136. The fourth-order valence-electron chi connectivity index (χ4n) is 2.63. The molecule has 4 nitrogen and oxygen atoms in total. The summed E-state index contributed by atoms with van der Waals surface area (Å²) < 4.78 is 2.28. The van der Waals surface area contributed by atoms with Crippen molar-refractivity contribution >= 4 is 17.3 Å². The summed E-state index contributed by atoms with van der Waals surface area (Å²) in [5, 5.41) is 3.86. The van der Waals surface area contributed by atoms with Crippen molar-refractivity contribution < 1.29 is 0 Å². The Bertz CT molecular complexity index is 578.